The molecule has 4 atom stereocenters. The normalized spacial score (nSPS) is 24.5. The van der Waals surface area contributed by atoms with E-state index < -0.39 is 71.1 Å². The highest BCUT2D eigenvalue weighted by Crippen LogP contribution is 2.54. The van der Waals surface area contributed by atoms with Crippen molar-refractivity contribution in [1.29, 1.82) is 0 Å². The molecule has 1 aliphatic rings. The summed E-state index contributed by atoms with van der Waals surface area (Å²) in [7, 11) is 0. The first kappa shape index (κ1) is 26.3. The van der Waals surface area contributed by atoms with E-state index in [2.05, 4.69) is 10.1 Å². The minimum Gasteiger partial charge on any atom is -0.434 e. The SMILES string of the molecule is C[C@@H]1[C@H](c2ccc(F)cc2OC(F)F)[C@@H](C(=O)Nc2ccc(F)c(C(N)=O)c2)O[C@@]1(C)C(F)(F)F. The van der Waals surface area contributed by atoms with Crippen molar-refractivity contribution >= 4 is 17.5 Å². The highest BCUT2D eigenvalue weighted by Gasteiger charge is 2.65. The Morgan fingerprint density at radius 3 is 2.37 bits per heavy atom. The largest absolute Gasteiger partial charge is 0.434 e. The van der Waals surface area contributed by atoms with Gasteiger partial charge in [0, 0.05) is 29.2 Å². The van der Waals surface area contributed by atoms with Gasteiger partial charge in [-0.05, 0) is 31.2 Å². The summed E-state index contributed by atoms with van der Waals surface area (Å²) in [5.74, 6) is -8.13. The second-order valence-corrected chi connectivity index (χ2v) is 8.07. The molecule has 3 N–H and O–H groups in total. The number of rotatable bonds is 6. The second-order valence-electron chi connectivity index (χ2n) is 8.07. The number of nitrogens with one attached hydrogen (secondary N) is 1. The first-order chi connectivity index (χ1) is 16.2. The van der Waals surface area contributed by atoms with Crippen molar-refractivity contribution in [2.24, 2.45) is 11.7 Å². The number of carbonyl (C=O) groups excluding carboxylic acids is 2. The summed E-state index contributed by atoms with van der Waals surface area (Å²) in [6, 6.07) is 5.01. The fraction of sp³-hybridized carbons (Fsp3) is 0.364. The predicted molar refractivity (Wildman–Crippen MR) is 108 cm³/mol. The molecule has 0 aliphatic carbocycles. The van der Waals surface area contributed by atoms with Crippen LogP contribution in [0.3, 0.4) is 0 Å². The zero-order valence-corrected chi connectivity index (χ0v) is 18.1. The van der Waals surface area contributed by atoms with E-state index in [-0.39, 0.29) is 11.3 Å². The van der Waals surface area contributed by atoms with Gasteiger partial charge < -0.3 is 20.5 Å². The summed E-state index contributed by atoms with van der Waals surface area (Å²) >= 11 is 0. The maximum absolute atomic E-state index is 13.9. The maximum Gasteiger partial charge on any atom is 0.417 e. The van der Waals surface area contributed by atoms with E-state index in [9.17, 15) is 40.3 Å². The Kier molecular flexibility index (Phi) is 7.02. The van der Waals surface area contributed by atoms with Crippen molar-refractivity contribution in [2.75, 3.05) is 5.32 Å². The molecule has 0 aromatic heterocycles. The van der Waals surface area contributed by atoms with Crippen LogP contribution in [-0.2, 0) is 9.53 Å². The van der Waals surface area contributed by atoms with Gasteiger partial charge in [-0.1, -0.05) is 13.0 Å². The number of ether oxygens (including phenoxy) is 2. The fourth-order valence-corrected chi connectivity index (χ4v) is 4.01. The van der Waals surface area contributed by atoms with E-state index in [0.717, 1.165) is 37.3 Å². The van der Waals surface area contributed by atoms with Gasteiger partial charge in [0.2, 0.25) is 0 Å². The number of hydrogen-bond acceptors (Lipinski definition) is 4. The molecule has 3 rings (SSSR count). The van der Waals surface area contributed by atoms with Crippen LogP contribution in [0.25, 0.3) is 0 Å². The molecule has 2 aromatic carbocycles. The number of carbonyl (C=O) groups is 2. The monoisotopic (exact) mass is 508 g/mol. The molecule has 2 aromatic rings. The van der Waals surface area contributed by atoms with Gasteiger partial charge in [0.1, 0.15) is 23.5 Å². The molecule has 0 radical (unpaired) electrons. The first-order valence-electron chi connectivity index (χ1n) is 10.0. The van der Waals surface area contributed by atoms with Gasteiger partial charge in [-0.2, -0.15) is 22.0 Å². The quantitative estimate of drug-likeness (QED) is 0.552. The Labute approximate surface area is 194 Å². The summed E-state index contributed by atoms with van der Waals surface area (Å²) in [4.78, 5) is 24.4. The molecule has 1 saturated heterocycles. The Morgan fingerprint density at radius 1 is 1.14 bits per heavy atom. The Morgan fingerprint density at radius 2 is 1.80 bits per heavy atom. The van der Waals surface area contributed by atoms with Crippen molar-refractivity contribution in [3.05, 3.63) is 59.2 Å². The molecule has 13 heteroatoms. The number of halogens is 7. The molecule has 0 unspecified atom stereocenters. The standard InChI is InChI=1S/C22H19F7N2O4/c1-9-16(12-5-3-10(23)7-15(12)34-20(25)26)17(35-21(9,2)22(27,28)29)19(33)31-11-4-6-14(24)13(8-11)18(30)32/h3-9,16-17,20H,1-2H3,(H2,30,32)(H,31,33)/t9-,16-,17+,21-/m1/s1. The van der Waals surface area contributed by atoms with Crippen molar-refractivity contribution in [3.63, 3.8) is 0 Å². The van der Waals surface area contributed by atoms with Crippen molar-refractivity contribution in [3.8, 4) is 5.75 Å². The lowest BCUT2D eigenvalue weighted by atomic mass is 9.77. The van der Waals surface area contributed by atoms with Gasteiger partial charge in [0.25, 0.3) is 11.8 Å². The van der Waals surface area contributed by atoms with Crippen molar-refractivity contribution in [1.82, 2.24) is 0 Å². The van der Waals surface area contributed by atoms with E-state index >= 15 is 0 Å². The van der Waals surface area contributed by atoms with Crippen LogP contribution in [0.5, 0.6) is 5.75 Å². The molecule has 6 nitrogen and oxygen atoms in total. The summed E-state index contributed by atoms with van der Waals surface area (Å²) in [5, 5.41) is 2.22. The molecule has 2 amide bonds. The third kappa shape index (κ3) is 5.04. The minimum absolute atomic E-state index is 0.191. The van der Waals surface area contributed by atoms with Gasteiger partial charge in [-0.3, -0.25) is 9.59 Å². The Balaban J connectivity index is 2.07. The molecule has 35 heavy (non-hydrogen) atoms. The lowest BCUT2D eigenvalue weighted by Crippen LogP contribution is -2.47. The van der Waals surface area contributed by atoms with Crippen LogP contribution in [0.15, 0.2) is 36.4 Å². The van der Waals surface area contributed by atoms with Crippen molar-refractivity contribution < 1.29 is 49.8 Å². The number of nitrogens with two attached hydrogens (primary N) is 1. The smallest absolute Gasteiger partial charge is 0.417 e. The molecule has 1 fully saturated rings. The topological polar surface area (TPSA) is 90.6 Å². The average molecular weight is 508 g/mol. The molecule has 190 valence electrons. The van der Waals surface area contributed by atoms with Crippen LogP contribution in [0, 0.1) is 17.6 Å². The van der Waals surface area contributed by atoms with Crippen LogP contribution < -0.4 is 15.8 Å². The van der Waals surface area contributed by atoms with Gasteiger partial charge >= 0.3 is 12.8 Å². The molecule has 1 aliphatic heterocycles. The highest BCUT2D eigenvalue weighted by atomic mass is 19.4. The van der Waals surface area contributed by atoms with Gasteiger partial charge in [0.05, 0.1) is 5.56 Å². The zero-order chi connectivity index (χ0) is 26.3. The molecule has 0 bridgehead atoms. The number of alkyl halides is 5. The van der Waals surface area contributed by atoms with E-state index in [0.29, 0.717) is 13.0 Å². The van der Waals surface area contributed by atoms with Crippen LogP contribution in [0.1, 0.15) is 35.7 Å². The third-order valence-electron chi connectivity index (χ3n) is 5.98. The lowest BCUT2D eigenvalue weighted by molar-refractivity contribution is -0.272. The summed E-state index contributed by atoms with van der Waals surface area (Å²) in [6.07, 6.45) is -6.91. The van der Waals surface area contributed by atoms with E-state index in [1.54, 1.807) is 0 Å². The number of anilines is 1. The molecule has 1 heterocycles. The lowest BCUT2D eigenvalue weighted by Gasteiger charge is -2.32. The second kappa shape index (κ2) is 9.36. The predicted octanol–water partition coefficient (Wildman–Crippen LogP) is 4.74. The Hall–Kier alpha value is -3.35. The van der Waals surface area contributed by atoms with Crippen LogP contribution in [0.4, 0.5) is 36.4 Å². The third-order valence-corrected chi connectivity index (χ3v) is 5.98. The summed E-state index contributed by atoms with van der Waals surface area (Å²) in [5.41, 5.74) is 1.05. The molecule has 0 saturated carbocycles. The van der Waals surface area contributed by atoms with Crippen LogP contribution in [-0.4, -0.2) is 36.3 Å². The average Bonchev–Trinajstić information content (AvgIpc) is 3.01. The van der Waals surface area contributed by atoms with Gasteiger partial charge in [-0.15, -0.1) is 0 Å². The number of primary amides is 1. The summed E-state index contributed by atoms with van der Waals surface area (Å²) in [6.45, 7) is -1.64. The highest BCUT2D eigenvalue weighted by molar-refractivity contribution is 5.98. The van der Waals surface area contributed by atoms with Crippen molar-refractivity contribution in [2.45, 2.75) is 44.3 Å². The summed E-state index contributed by atoms with van der Waals surface area (Å²) < 4.78 is 105. The maximum atomic E-state index is 13.9. The number of hydrogen-bond donors (Lipinski definition) is 2. The molecular formula is C22H19F7N2O4. The van der Waals surface area contributed by atoms with E-state index in [1.165, 1.54) is 0 Å². The first-order valence-corrected chi connectivity index (χ1v) is 10.0. The van der Waals surface area contributed by atoms with Gasteiger partial charge in [-0.25, -0.2) is 8.78 Å². The number of amides is 2. The molecular weight excluding hydrogens is 489 g/mol. The Bertz CT molecular complexity index is 1140. The minimum atomic E-state index is -4.99. The van der Waals surface area contributed by atoms with Crippen LogP contribution >= 0.6 is 0 Å². The van der Waals surface area contributed by atoms with Crippen LogP contribution in [0.2, 0.25) is 0 Å². The fourth-order valence-electron chi connectivity index (χ4n) is 4.01. The number of benzene rings is 2. The van der Waals surface area contributed by atoms with E-state index in [4.69, 9.17) is 10.5 Å². The molecule has 0 spiro atoms. The van der Waals surface area contributed by atoms with E-state index in [1.807, 2.05) is 0 Å². The van der Waals surface area contributed by atoms with Gasteiger partial charge in [0.15, 0.2) is 5.60 Å². The zero-order valence-electron chi connectivity index (χ0n) is 18.1.